The molecule has 0 radical (unpaired) electrons. The maximum absolute atomic E-state index is 12.1. The molecule has 0 spiro atoms. The Hall–Kier alpha value is -0.290. The highest BCUT2D eigenvalue weighted by Gasteiger charge is 2.34. The van der Waals surface area contributed by atoms with Crippen LogP contribution in [0.1, 0.15) is 46.0 Å². The topological polar surface area (TPSA) is 21.3 Å². The molecule has 17 heavy (non-hydrogen) atoms. The molecule has 2 unspecified atom stereocenters. The highest BCUT2D eigenvalue weighted by molar-refractivity contribution is 4.86. The second-order valence-electron chi connectivity index (χ2n) is 5.01. The summed E-state index contributed by atoms with van der Waals surface area (Å²) < 4.78 is 41.9. The Labute approximate surface area is 101 Å². The number of rotatable bonds is 5. The van der Waals surface area contributed by atoms with Gasteiger partial charge in [0.25, 0.3) is 0 Å². The Balaban J connectivity index is 2.34. The Kier molecular flexibility index (Phi) is 5.25. The lowest BCUT2D eigenvalue weighted by atomic mass is 9.87. The molecule has 0 aromatic carbocycles. The van der Waals surface area contributed by atoms with Gasteiger partial charge in [0, 0.05) is 19.1 Å². The average molecular weight is 253 g/mol. The van der Waals surface area contributed by atoms with Crippen molar-refractivity contribution in [3.05, 3.63) is 0 Å². The quantitative estimate of drug-likeness (QED) is 0.812. The van der Waals surface area contributed by atoms with Gasteiger partial charge in [0.1, 0.15) is 0 Å². The Morgan fingerprint density at radius 3 is 2.71 bits per heavy atom. The van der Waals surface area contributed by atoms with E-state index in [0.29, 0.717) is 19.1 Å². The molecule has 102 valence electrons. The molecular weight excluding hydrogens is 231 g/mol. The molecule has 0 saturated carbocycles. The van der Waals surface area contributed by atoms with E-state index in [1.54, 1.807) is 0 Å². The third-order valence-electron chi connectivity index (χ3n) is 3.25. The van der Waals surface area contributed by atoms with Crippen molar-refractivity contribution in [1.29, 1.82) is 0 Å². The molecule has 1 heterocycles. The number of halogens is 3. The fraction of sp³-hybridized carbons (Fsp3) is 1.00. The molecule has 5 heteroatoms. The van der Waals surface area contributed by atoms with Gasteiger partial charge in [-0.15, -0.1) is 0 Å². The summed E-state index contributed by atoms with van der Waals surface area (Å²) in [6.07, 6.45) is -2.38. The Morgan fingerprint density at radius 2 is 2.12 bits per heavy atom. The van der Waals surface area contributed by atoms with Gasteiger partial charge in [-0.1, -0.05) is 6.92 Å². The van der Waals surface area contributed by atoms with E-state index >= 15 is 0 Å². The van der Waals surface area contributed by atoms with Crippen LogP contribution in [0.3, 0.4) is 0 Å². The van der Waals surface area contributed by atoms with Crippen molar-refractivity contribution >= 4 is 0 Å². The van der Waals surface area contributed by atoms with Gasteiger partial charge in [-0.3, -0.25) is 0 Å². The van der Waals surface area contributed by atoms with Crippen molar-refractivity contribution in [2.24, 2.45) is 0 Å². The first-order chi connectivity index (χ1) is 7.85. The smallest absolute Gasteiger partial charge is 0.375 e. The molecule has 1 rings (SSSR count). The lowest BCUT2D eigenvalue weighted by molar-refractivity contribution is -0.141. The molecule has 1 aliphatic rings. The highest BCUT2D eigenvalue weighted by atomic mass is 19.4. The summed E-state index contributed by atoms with van der Waals surface area (Å²) in [5.41, 5.74) is -0.393. The summed E-state index contributed by atoms with van der Waals surface area (Å²) in [5, 5.41) is 3.34. The van der Waals surface area contributed by atoms with E-state index in [1.807, 2.05) is 13.8 Å². The predicted octanol–water partition coefficient (Wildman–Crippen LogP) is 3.27. The zero-order valence-electron chi connectivity index (χ0n) is 10.6. The van der Waals surface area contributed by atoms with Crippen molar-refractivity contribution in [1.82, 2.24) is 5.32 Å². The molecule has 1 fully saturated rings. The van der Waals surface area contributed by atoms with E-state index in [2.05, 4.69) is 5.32 Å². The zero-order chi connectivity index (χ0) is 12.9. The molecular formula is C12H22F3NO. The fourth-order valence-corrected chi connectivity index (χ4v) is 2.43. The molecule has 2 nitrogen and oxygen atoms in total. The second-order valence-corrected chi connectivity index (χ2v) is 5.01. The zero-order valence-corrected chi connectivity index (χ0v) is 10.6. The van der Waals surface area contributed by atoms with Gasteiger partial charge in [-0.25, -0.2) is 0 Å². The number of nitrogens with one attached hydrogen (secondary N) is 1. The van der Waals surface area contributed by atoms with Crippen LogP contribution in [0.5, 0.6) is 0 Å². The van der Waals surface area contributed by atoms with Gasteiger partial charge in [0.05, 0.1) is 5.60 Å². The number of ether oxygens (including phenoxy) is 1. The minimum absolute atomic E-state index is 0.152. The van der Waals surface area contributed by atoms with Gasteiger partial charge >= 0.3 is 6.18 Å². The summed E-state index contributed by atoms with van der Waals surface area (Å²) in [7, 11) is 0. The summed E-state index contributed by atoms with van der Waals surface area (Å²) in [4.78, 5) is 0. The molecule has 2 atom stereocenters. The molecule has 1 saturated heterocycles. The third-order valence-corrected chi connectivity index (χ3v) is 3.25. The van der Waals surface area contributed by atoms with Gasteiger partial charge in [0.2, 0.25) is 0 Å². The summed E-state index contributed by atoms with van der Waals surface area (Å²) in [5.74, 6) is 0. The lowest BCUT2D eigenvalue weighted by Crippen LogP contribution is -2.45. The molecule has 1 N–H and O–H groups in total. The van der Waals surface area contributed by atoms with Crippen LogP contribution in [0.15, 0.2) is 0 Å². The van der Waals surface area contributed by atoms with E-state index in [9.17, 15) is 13.2 Å². The van der Waals surface area contributed by atoms with Crippen molar-refractivity contribution in [3.63, 3.8) is 0 Å². The van der Waals surface area contributed by atoms with E-state index < -0.39 is 18.2 Å². The average Bonchev–Trinajstić information content (AvgIpc) is 2.15. The summed E-state index contributed by atoms with van der Waals surface area (Å²) in [6, 6.07) is 0.379. The van der Waals surface area contributed by atoms with Crippen LogP contribution in [0.2, 0.25) is 0 Å². The van der Waals surface area contributed by atoms with E-state index in [4.69, 9.17) is 4.74 Å². The van der Waals surface area contributed by atoms with Crippen LogP contribution in [0.25, 0.3) is 0 Å². The molecule has 0 bridgehead atoms. The monoisotopic (exact) mass is 253 g/mol. The van der Waals surface area contributed by atoms with Crippen LogP contribution in [0, 0.1) is 0 Å². The standard InChI is InChI=1S/C12H22F3NO/c1-3-16-10-5-8-17-11(2,9-10)6-4-7-12(13,14)15/h10,16H,3-9H2,1-2H3. The predicted molar refractivity (Wildman–Crippen MR) is 61.0 cm³/mol. The first-order valence-electron chi connectivity index (χ1n) is 6.29. The van der Waals surface area contributed by atoms with Crippen molar-refractivity contribution < 1.29 is 17.9 Å². The minimum atomic E-state index is -4.05. The van der Waals surface area contributed by atoms with Gasteiger partial charge in [-0.05, 0) is 39.2 Å². The summed E-state index contributed by atoms with van der Waals surface area (Å²) >= 11 is 0. The second kappa shape index (κ2) is 6.05. The number of alkyl halides is 3. The molecule has 0 aromatic rings. The van der Waals surface area contributed by atoms with Gasteiger partial charge in [0.15, 0.2) is 0 Å². The maximum Gasteiger partial charge on any atom is 0.389 e. The van der Waals surface area contributed by atoms with E-state index in [1.165, 1.54) is 0 Å². The SMILES string of the molecule is CCNC1CCOC(C)(CCCC(F)(F)F)C1. The fourth-order valence-electron chi connectivity index (χ4n) is 2.43. The molecule has 1 aliphatic heterocycles. The molecule has 0 aliphatic carbocycles. The highest BCUT2D eigenvalue weighted by Crippen LogP contribution is 2.32. The van der Waals surface area contributed by atoms with Crippen LogP contribution in [0.4, 0.5) is 13.2 Å². The van der Waals surface area contributed by atoms with Gasteiger partial charge < -0.3 is 10.1 Å². The third kappa shape index (κ3) is 5.73. The largest absolute Gasteiger partial charge is 0.389 e. The van der Waals surface area contributed by atoms with E-state index in [0.717, 1.165) is 19.4 Å². The Bertz CT molecular complexity index is 230. The van der Waals surface area contributed by atoms with Gasteiger partial charge in [-0.2, -0.15) is 13.2 Å². The molecule has 0 amide bonds. The van der Waals surface area contributed by atoms with Crippen LogP contribution in [-0.2, 0) is 4.74 Å². The van der Waals surface area contributed by atoms with Crippen LogP contribution < -0.4 is 5.32 Å². The van der Waals surface area contributed by atoms with Crippen LogP contribution >= 0.6 is 0 Å². The normalized spacial score (nSPS) is 30.5. The first kappa shape index (κ1) is 14.8. The van der Waals surface area contributed by atoms with Crippen molar-refractivity contribution in [2.75, 3.05) is 13.2 Å². The molecule has 0 aromatic heterocycles. The minimum Gasteiger partial charge on any atom is -0.375 e. The van der Waals surface area contributed by atoms with Crippen LogP contribution in [-0.4, -0.2) is 31.0 Å². The number of hydrogen-bond acceptors (Lipinski definition) is 2. The maximum atomic E-state index is 12.1. The van der Waals surface area contributed by atoms with Crippen molar-refractivity contribution in [3.8, 4) is 0 Å². The number of hydrogen-bond donors (Lipinski definition) is 1. The Morgan fingerprint density at radius 1 is 1.41 bits per heavy atom. The van der Waals surface area contributed by atoms with Crippen molar-refractivity contribution in [2.45, 2.75) is 63.8 Å². The lowest BCUT2D eigenvalue weighted by Gasteiger charge is -2.39. The first-order valence-corrected chi connectivity index (χ1v) is 6.29. The summed E-state index contributed by atoms with van der Waals surface area (Å²) in [6.45, 7) is 5.49. The van der Waals surface area contributed by atoms with E-state index in [-0.39, 0.29) is 6.42 Å².